The minimum atomic E-state index is 0.386. The predicted octanol–water partition coefficient (Wildman–Crippen LogP) is 2.12. The molecule has 2 heterocycles. The summed E-state index contributed by atoms with van der Waals surface area (Å²) in [7, 11) is 1.89. The zero-order valence-corrected chi connectivity index (χ0v) is 9.33. The molecule has 6 heteroatoms. The lowest BCUT2D eigenvalue weighted by molar-refractivity contribution is 0.0842. The third-order valence-electron chi connectivity index (χ3n) is 2.85. The van der Waals surface area contributed by atoms with Crippen LogP contribution in [0.3, 0.4) is 0 Å². The molecule has 1 fully saturated rings. The van der Waals surface area contributed by atoms with Crippen LogP contribution in [0.25, 0.3) is 10.4 Å². The van der Waals surface area contributed by atoms with Gasteiger partial charge in [-0.05, 0) is 23.9 Å². The fourth-order valence-corrected chi connectivity index (χ4v) is 2.10. The number of hydrogen-bond acceptors (Lipinski definition) is 3. The molecule has 0 aliphatic carbocycles. The second kappa shape index (κ2) is 5.01. The highest BCUT2D eigenvalue weighted by Gasteiger charge is 2.21. The van der Waals surface area contributed by atoms with Gasteiger partial charge in [-0.1, -0.05) is 5.11 Å². The van der Waals surface area contributed by atoms with Crippen LogP contribution in [0.1, 0.15) is 30.0 Å². The van der Waals surface area contributed by atoms with Crippen molar-refractivity contribution in [1.29, 1.82) is 0 Å². The molecule has 16 heavy (non-hydrogen) atoms. The van der Waals surface area contributed by atoms with Crippen LogP contribution >= 0.6 is 0 Å². The Labute approximate surface area is 93.8 Å². The van der Waals surface area contributed by atoms with Gasteiger partial charge in [0, 0.05) is 37.3 Å². The van der Waals surface area contributed by atoms with Crippen LogP contribution < -0.4 is 0 Å². The largest absolute Gasteiger partial charge is 0.381 e. The lowest BCUT2D eigenvalue weighted by Gasteiger charge is -2.21. The van der Waals surface area contributed by atoms with E-state index >= 15 is 0 Å². The molecule has 86 valence electrons. The minimum Gasteiger partial charge on any atom is -0.381 e. The van der Waals surface area contributed by atoms with E-state index in [4.69, 9.17) is 10.3 Å². The lowest BCUT2D eigenvalue weighted by atomic mass is 9.94. The molecule has 0 unspecified atom stereocenters. The summed E-state index contributed by atoms with van der Waals surface area (Å²) in [6.07, 6.45) is 3.93. The number of aromatic nitrogens is 2. The van der Waals surface area contributed by atoms with Gasteiger partial charge in [0.15, 0.2) is 0 Å². The highest BCUT2D eigenvalue weighted by molar-refractivity contribution is 5.21. The molecule has 0 N–H and O–H groups in total. The Morgan fingerprint density at radius 3 is 3.06 bits per heavy atom. The first kappa shape index (κ1) is 11.0. The van der Waals surface area contributed by atoms with Crippen LogP contribution in [0.5, 0.6) is 0 Å². The second-order valence-corrected chi connectivity index (χ2v) is 3.99. The maximum atomic E-state index is 8.35. The van der Waals surface area contributed by atoms with Crippen molar-refractivity contribution in [2.75, 3.05) is 13.2 Å². The maximum Gasteiger partial charge on any atom is 0.0690 e. The Balaban J connectivity index is 2.20. The monoisotopic (exact) mass is 221 g/mol. The quantitative estimate of drug-likeness (QED) is 0.445. The zero-order valence-electron chi connectivity index (χ0n) is 9.33. The predicted molar refractivity (Wildman–Crippen MR) is 58.9 cm³/mol. The molecular weight excluding hydrogens is 206 g/mol. The van der Waals surface area contributed by atoms with Crippen LogP contribution in [0.4, 0.5) is 0 Å². The van der Waals surface area contributed by atoms with Crippen LogP contribution in [0, 0.1) is 0 Å². The van der Waals surface area contributed by atoms with E-state index in [0.29, 0.717) is 12.5 Å². The SMILES string of the molecule is Cn1cc(CN=[N+]=[N-])c(C2CCOCC2)n1. The second-order valence-electron chi connectivity index (χ2n) is 3.99. The van der Waals surface area contributed by atoms with Crippen LogP contribution in [0.2, 0.25) is 0 Å². The molecule has 2 rings (SSSR count). The van der Waals surface area contributed by atoms with Gasteiger partial charge in [0.1, 0.15) is 0 Å². The molecule has 0 radical (unpaired) electrons. The molecule has 1 saturated heterocycles. The third kappa shape index (κ3) is 2.35. The molecule has 0 spiro atoms. The van der Waals surface area contributed by atoms with Crippen LogP contribution in [-0.4, -0.2) is 23.0 Å². The fraction of sp³-hybridized carbons (Fsp3) is 0.700. The molecule has 1 aliphatic heterocycles. The number of azide groups is 1. The highest BCUT2D eigenvalue weighted by Crippen LogP contribution is 2.28. The van der Waals surface area contributed by atoms with Crippen molar-refractivity contribution in [2.45, 2.75) is 25.3 Å². The molecule has 0 saturated carbocycles. The standard InChI is InChI=1S/C10H15N5O/c1-15-7-9(6-12-14-11)10(13-15)8-2-4-16-5-3-8/h7-8H,2-6H2,1H3. The molecule has 0 amide bonds. The van der Waals surface area contributed by atoms with Gasteiger partial charge in [0.05, 0.1) is 12.2 Å². The van der Waals surface area contributed by atoms with Crippen molar-refractivity contribution in [1.82, 2.24) is 9.78 Å². The average molecular weight is 221 g/mol. The number of aryl methyl sites for hydroxylation is 1. The van der Waals surface area contributed by atoms with E-state index < -0.39 is 0 Å². The normalized spacial score (nSPS) is 17.1. The summed E-state index contributed by atoms with van der Waals surface area (Å²) in [6.45, 7) is 1.97. The van der Waals surface area contributed by atoms with Crippen LogP contribution in [-0.2, 0) is 18.3 Å². The molecule has 1 aromatic heterocycles. The minimum absolute atomic E-state index is 0.386. The molecule has 6 nitrogen and oxygen atoms in total. The van der Waals surface area contributed by atoms with Crippen molar-refractivity contribution in [3.63, 3.8) is 0 Å². The first-order valence-electron chi connectivity index (χ1n) is 5.42. The Kier molecular flexibility index (Phi) is 3.44. The Morgan fingerprint density at radius 1 is 1.62 bits per heavy atom. The van der Waals surface area contributed by atoms with Gasteiger partial charge in [-0.25, -0.2) is 0 Å². The topological polar surface area (TPSA) is 75.8 Å². The maximum absolute atomic E-state index is 8.35. The van der Waals surface area contributed by atoms with E-state index in [9.17, 15) is 0 Å². The van der Waals surface area contributed by atoms with Crippen LogP contribution in [0.15, 0.2) is 11.3 Å². The Bertz CT molecular complexity index is 401. The molecule has 1 aliphatic rings. The number of nitrogens with zero attached hydrogens (tertiary/aromatic N) is 5. The van der Waals surface area contributed by atoms with E-state index in [1.54, 1.807) is 4.68 Å². The van der Waals surface area contributed by atoms with Crippen molar-refractivity contribution in [2.24, 2.45) is 12.2 Å². The van der Waals surface area contributed by atoms with E-state index in [0.717, 1.165) is 37.3 Å². The Morgan fingerprint density at radius 2 is 2.38 bits per heavy atom. The highest BCUT2D eigenvalue weighted by atomic mass is 16.5. The molecular formula is C10H15N5O. The van der Waals surface area contributed by atoms with Crippen molar-refractivity contribution in [3.05, 3.63) is 27.9 Å². The fourth-order valence-electron chi connectivity index (χ4n) is 2.10. The summed E-state index contributed by atoms with van der Waals surface area (Å²) in [6, 6.07) is 0. The van der Waals surface area contributed by atoms with E-state index in [1.165, 1.54) is 0 Å². The van der Waals surface area contributed by atoms with Gasteiger partial charge in [0.2, 0.25) is 0 Å². The first-order valence-corrected chi connectivity index (χ1v) is 5.42. The van der Waals surface area contributed by atoms with Gasteiger partial charge in [-0.3, -0.25) is 4.68 Å². The van der Waals surface area contributed by atoms with Gasteiger partial charge >= 0.3 is 0 Å². The van der Waals surface area contributed by atoms with E-state index in [-0.39, 0.29) is 0 Å². The summed E-state index contributed by atoms with van der Waals surface area (Å²) in [5.41, 5.74) is 10.4. The zero-order chi connectivity index (χ0) is 11.4. The molecule has 1 aromatic rings. The summed E-state index contributed by atoms with van der Waals surface area (Å²) in [5.74, 6) is 0.443. The van der Waals surface area contributed by atoms with Gasteiger partial charge in [-0.2, -0.15) is 5.10 Å². The smallest absolute Gasteiger partial charge is 0.0690 e. The van der Waals surface area contributed by atoms with Crippen molar-refractivity contribution >= 4 is 0 Å². The summed E-state index contributed by atoms with van der Waals surface area (Å²) >= 11 is 0. The summed E-state index contributed by atoms with van der Waals surface area (Å²) < 4.78 is 7.12. The summed E-state index contributed by atoms with van der Waals surface area (Å²) in [4.78, 5) is 2.79. The number of hydrogen-bond donors (Lipinski definition) is 0. The van der Waals surface area contributed by atoms with Crippen molar-refractivity contribution in [3.8, 4) is 0 Å². The van der Waals surface area contributed by atoms with Gasteiger partial charge in [0.25, 0.3) is 0 Å². The lowest BCUT2D eigenvalue weighted by Crippen LogP contribution is -2.15. The van der Waals surface area contributed by atoms with Gasteiger partial charge in [-0.15, -0.1) is 0 Å². The number of rotatable bonds is 3. The molecule has 0 aromatic carbocycles. The number of ether oxygens (including phenoxy) is 1. The third-order valence-corrected chi connectivity index (χ3v) is 2.85. The Hall–Kier alpha value is -1.52. The molecule has 0 atom stereocenters. The van der Waals surface area contributed by atoms with Crippen molar-refractivity contribution < 1.29 is 4.74 Å². The van der Waals surface area contributed by atoms with Gasteiger partial charge < -0.3 is 4.74 Å². The average Bonchev–Trinajstić information content (AvgIpc) is 2.69. The summed E-state index contributed by atoms with van der Waals surface area (Å²) in [5, 5.41) is 8.07. The van der Waals surface area contributed by atoms with E-state index in [2.05, 4.69) is 15.1 Å². The molecule has 0 bridgehead atoms. The first-order chi connectivity index (χ1) is 7.81. The van der Waals surface area contributed by atoms with E-state index in [1.807, 2.05) is 13.2 Å².